The number of carbonyl (C=O) groups is 3. The van der Waals surface area contributed by atoms with E-state index in [9.17, 15) is 34.8 Å². The molecule has 3 aliphatic heterocycles. The standard InChI is InChI=1S/C84H97N10O13S3/c1-7-10-14-62-18-23-66(24-19-62)85-108(98,99)72-33-17-61(4)75(57-72)82(95)92-47-41-89(42-48-92)69-37-39-88(40-38-69)60-65-22-35-74(110(102,103)87-67-25-29-70(30-26-67)106-53-9-3)59-77(65)84(97)94-51-45-91(46-52-94)79-36-20-63(56-81(79)105-6)55-64-21-34-73(109(100,101)86-68-27-31-71(32-28-68)107-54-11-8-2)58-76(64)83(96)93-49-43-90(44-50-93)78-15-12-13-16-80(78)104-5/h12-13,15-40,56-59,85-87H,7-11,14,41-55,60H2,1-6H3/q+1. The number of pyridine rings is 1. The molecule has 0 spiro atoms. The van der Waals surface area contributed by atoms with Crippen LogP contribution in [0.25, 0.3) is 0 Å². The van der Waals surface area contributed by atoms with Crippen molar-refractivity contribution in [2.45, 2.75) is 93.9 Å². The molecule has 0 radical (unpaired) electrons. The predicted octanol–water partition coefficient (Wildman–Crippen LogP) is 12.5. The molecule has 3 aliphatic rings. The van der Waals surface area contributed by atoms with E-state index in [1.54, 1.807) is 115 Å². The Morgan fingerprint density at radius 3 is 1.36 bits per heavy atom. The second-order valence-corrected chi connectivity index (χ2v) is 32.8. The van der Waals surface area contributed by atoms with Crippen molar-refractivity contribution in [3.63, 3.8) is 0 Å². The lowest BCUT2D eigenvalue weighted by molar-refractivity contribution is -0.688. The Labute approximate surface area is 646 Å². The first-order chi connectivity index (χ1) is 53.1. The smallest absolute Gasteiger partial charge is 0.261 e. The maximum atomic E-state index is 15.1. The molecule has 3 fully saturated rings. The molecule has 12 rings (SSSR count). The molecule has 0 unspecified atom stereocenters. The molecule has 3 amide bonds. The van der Waals surface area contributed by atoms with Crippen LogP contribution in [0.4, 0.5) is 34.1 Å². The van der Waals surface area contributed by atoms with Gasteiger partial charge in [-0.2, -0.15) is 0 Å². The van der Waals surface area contributed by atoms with Crippen LogP contribution in [0.15, 0.2) is 209 Å². The lowest BCUT2D eigenvalue weighted by Gasteiger charge is -2.37. The number of aromatic nitrogens is 1. The van der Waals surface area contributed by atoms with Crippen LogP contribution in [0.2, 0.25) is 0 Å². The van der Waals surface area contributed by atoms with Crippen LogP contribution in [0, 0.1) is 6.92 Å². The zero-order chi connectivity index (χ0) is 77.5. The quantitative estimate of drug-likeness (QED) is 0.0270. The summed E-state index contributed by atoms with van der Waals surface area (Å²) >= 11 is 0. The Balaban J connectivity index is 0.731. The van der Waals surface area contributed by atoms with Crippen LogP contribution in [0.1, 0.15) is 112 Å². The number of sulfonamides is 3. The van der Waals surface area contributed by atoms with E-state index < -0.39 is 30.1 Å². The van der Waals surface area contributed by atoms with Crippen LogP contribution in [-0.4, -0.2) is 164 Å². The molecule has 23 nitrogen and oxygen atoms in total. The highest BCUT2D eigenvalue weighted by atomic mass is 32.2. The Kier molecular flexibility index (Phi) is 25.5. The van der Waals surface area contributed by atoms with E-state index in [1.165, 1.54) is 36.4 Å². The summed E-state index contributed by atoms with van der Waals surface area (Å²) < 4.78 is 117. The highest BCUT2D eigenvalue weighted by molar-refractivity contribution is 7.93. The number of rotatable bonds is 31. The molecule has 4 heterocycles. The minimum Gasteiger partial charge on any atom is -0.495 e. The number of para-hydroxylation sites is 2. The van der Waals surface area contributed by atoms with E-state index in [1.807, 2.05) is 90.6 Å². The van der Waals surface area contributed by atoms with Gasteiger partial charge in [0.15, 0.2) is 18.9 Å². The van der Waals surface area contributed by atoms with Crippen molar-refractivity contribution in [3.8, 4) is 23.0 Å². The topological polar surface area (TPSA) is 250 Å². The average molecular weight is 1550 g/mol. The first-order valence-corrected chi connectivity index (χ1v) is 42.0. The normalized spacial score (nSPS) is 14.2. The van der Waals surface area contributed by atoms with Crippen molar-refractivity contribution in [2.75, 3.05) is 135 Å². The van der Waals surface area contributed by atoms with Gasteiger partial charge in [-0.25, -0.2) is 29.8 Å². The average Bonchev–Trinajstić information content (AvgIpc) is 0.783. The SMILES string of the molecule is CCCCOc1ccc(NS(=O)(=O)c2ccc(Cc3ccc(N4CCN(C(=O)c5cc(S(=O)(=O)Nc6ccc(OCCC)cc6)ccc5C[n+]5ccc(N6CCN(C(=O)c7cc(S(=O)(=O)Nc8ccc(CCCC)cc8)ccc7C)CC6)cc5)CC4)c(OC)c3)c(C(=O)N3CCN(c4ccccc4OC)CC3)c2)cc1. The summed E-state index contributed by atoms with van der Waals surface area (Å²) in [5.74, 6) is 1.63. The molecule has 0 atom stereocenters. The highest BCUT2D eigenvalue weighted by Gasteiger charge is 2.32. The number of hydrogen-bond acceptors (Lipinski definition) is 16. The van der Waals surface area contributed by atoms with Crippen LogP contribution in [-0.2, 0) is 49.5 Å². The van der Waals surface area contributed by atoms with Gasteiger partial charge in [-0.15, -0.1) is 0 Å². The first-order valence-electron chi connectivity index (χ1n) is 37.5. The Morgan fingerprint density at radius 2 is 0.855 bits per heavy atom. The summed E-state index contributed by atoms with van der Waals surface area (Å²) in [5.41, 5.74) is 8.33. The largest absolute Gasteiger partial charge is 0.495 e. The van der Waals surface area contributed by atoms with E-state index in [2.05, 4.69) is 42.7 Å². The molecule has 578 valence electrons. The Bertz CT molecular complexity index is 5070. The first kappa shape index (κ1) is 78.7. The van der Waals surface area contributed by atoms with E-state index in [0.29, 0.717) is 135 Å². The number of nitrogens with one attached hydrogen (secondary N) is 3. The molecule has 3 N–H and O–H groups in total. The molecule has 3 saturated heterocycles. The van der Waals surface area contributed by atoms with Crippen molar-refractivity contribution in [1.29, 1.82) is 0 Å². The van der Waals surface area contributed by atoms with Gasteiger partial charge in [0, 0.05) is 130 Å². The molecule has 110 heavy (non-hydrogen) atoms. The van der Waals surface area contributed by atoms with Gasteiger partial charge < -0.3 is 48.3 Å². The second kappa shape index (κ2) is 35.7. The third-order valence-electron chi connectivity index (χ3n) is 20.2. The number of methoxy groups -OCH3 is 2. The van der Waals surface area contributed by atoms with Gasteiger partial charge in [0.25, 0.3) is 47.8 Å². The van der Waals surface area contributed by atoms with Gasteiger partial charge in [-0.05, 0) is 183 Å². The lowest BCUT2D eigenvalue weighted by atomic mass is 9.98. The number of anilines is 6. The molecule has 0 aliphatic carbocycles. The second-order valence-electron chi connectivity index (χ2n) is 27.8. The fourth-order valence-electron chi connectivity index (χ4n) is 13.8. The minimum absolute atomic E-state index is 0.000468. The maximum absolute atomic E-state index is 15.1. The Hall–Kier alpha value is -10.8. The number of aryl methyl sites for hydroxylation is 2. The zero-order valence-corrected chi connectivity index (χ0v) is 65.6. The fourth-order valence-corrected chi connectivity index (χ4v) is 17.1. The summed E-state index contributed by atoms with van der Waals surface area (Å²) in [6.45, 7) is 14.3. The molecule has 0 saturated carbocycles. The monoisotopic (exact) mass is 1550 g/mol. The summed E-state index contributed by atoms with van der Waals surface area (Å²) in [6, 6.07) is 52.2. The molecule has 0 bridgehead atoms. The van der Waals surface area contributed by atoms with E-state index in [4.69, 9.17) is 18.9 Å². The summed E-state index contributed by atoms with van der Waals surface area (Å²) in [4.78, 5) is 55.7. The number of nitrogens with zero attached hydrogens (tertiary/aromatic N) is 7. The van der Waals surface area contributed by atoms with Gasteiger partial charge in [-0.1, -0.05) is 82.1 Å². The number of hydrogen-bond donors (Lipinski definition) is 3. The van der Waals surface area contributed by atoms with Crippen LogP contribution < -0.4 is 52.4 Å². The molecular weight excluding hydrogens is 1450 g/mol. The lowest BCUT2D eigenvalue weighted by Crippen LogP contribution is -2.49. The number of carbonyl (C=O) groups excluding carboxylic acids is 3. The number of piperazine rings is 3. The molecular formula is C84H97N10O13S3+. The van der Waals surface area contributed by atoms with Gasteiger partial charge >= 0.3 is 0 Å². The van der Waals surface area contributed by atoms with Gasteiger partial charge in [0.2, 0.25) is 0 Å². The highest BCUT2D eigenvalue weighted by Crippen LogP contribution is 2.35. The Morgan fingerprint density at radius 1 is 0.418 bits per heavy atom. The predicted molar refractivity (Wildman–Crippen MR) is 429 cm³/mol. The minimum atomic E-state index is -4.21. The van der Waals surface area contributed by atoms with Crippen LogP contribution in [0.3, 0.4) is 0 Å². The number of benzene rings is 8. The van der Waals surface area contributed by atoms with Crippen molar-refractivity contribution < 1.29 is 63.2 Å². The van der Waals surface area contributed by atoms with Crippen molar-refractivity contribution in [1.82, 2.24) is 14.7 Å². The number of unbranched alkanes of at least 4 members (excludes halogenated alkanes) is 2. The summed E-state index contributed by atoms with van der Waals surface area (Å²) in [7, 11) is -9.17. The summed E-state index contributed by atoms with van der Waals surface area (Å²) in [5, 5.41) is 0. The van der Waals surface area contributed by atoms with Crippen molar-refractivity contribution in [2.24, 2.45) is 0 Å². The van der Waals surface area contributed by atoms with Gasteiger partial charge in [0.1, 0.15) is 23.0 Å². The molecule has 9 aromatic rings. The third kappa shape index (κ3) is 19.2. The van der Waals surface area contributed by atoms with E-state index in [-0.39, 0.29) is 69.6 Å². The maximum Gasteiger partial charge on any atom is 0.261 e. The van der Waals surface area contributed by atoms with E-state index >= 15 is 4.79 Å². The summed E-state index contributed by atoms with van der Waals surface area (Å²) in [6.07, 6.45) is 9.78. The van der Waals surface area contributed by atoms with Crippen molar-refractivity contribution >= 4 is 81.9 Å². The van der Waals surface area contributed by atoms with Gasteiger partial charge in [-0.3, -0.25) is 28.5 Å². The molecule has 26 heteroatoms. The third-order valence-corrected chi connectivity index (χ3v) is 24.3. The van der Waals surface area contributed by atoms with E-state index in [0.717, 1.165) is 72.5 Å². The van der Waals surface area contributed by atoms with Crippen molar-refractivity contribution in [3.05, 3.63) is 239 Å². The van der Waals surface area contributed by atoms with Gasteiger partial charge in [0.05, 0.1) is 59.1 Å². The molecule has 8 aromatic carbocycles. The molecule has 1 aromatic heterocycles. The zero-order valence-electron chi connectivity index (χ0n) is 63.2. The van der Waals surface area contributed by atoms with Crippen LogP contribution >= 0.6 is 0 Å². The number of ether oxygens (including phenoxy) is 4. The number of amides is 3. The van der Waals surface area contributed by atoms with Crippen LogP contribution in [0.5, 0.6) is 23.0 Å². The fraction of sp³-hybridized carbons (Fsp3) is 0.333.